The van der Waals surface area contributed by atoms with Gasteiger partial charge in [0.1, 0.15) is 5.82 Å². The van der Waals surface area contributed by atoms with Gasteiger partial charge in [0.25, 0.3) is 0 Å². The minimum Gasteiger partial charge on any atom is -0.376 e. The quantitative estimate of drug-likeness (QED) is 0.882. The molecular formula is C14H19ClFNO. The van der Waals surface area contributed by atoms with Crippen LogP contribution in [0, 0.1) is 5.82 Å². The SMILES string of the molecule is CCCNC(c1cc(F)ccc1Cl)C1CCCO1. The lowest BCUT2D eigenvalue weighted by molar-refractivity contribution is 0.0782. The monoisotopic (exact) mass is 271 g/mol. The van der Waals surface area contributed by atoms with Crippen LogP contribution in [-0.4, -0.2) is 19.3 Å². The smallest absolute Gasteiger partial charge is 0.123 e. The zero-order valence-corrected chi connectivity index (χ0v) is 11.3. The molecule has 0 radical (unpaired) electrons. The topological polar surface area (TPSA) is 21.3 Å². The van der Waals surface area contributed by atoms with Crippen LogP contribution in [0.2, 0.25) is 5.02 Å². The summed E-state index contributed by atoms with van der Waals surface area (Å²) >= 11 is 6.19. The first kappa shape index (κ1) is 13.8. The minimum atomic E-state index is -0.254. The van der Waals surface area contributed by atoms with Gasteiger partial charge in [-0.1, -0.05) is 18.5 Å². The molecule has 1 fully saturated rings. The zero-order valence-electron chi connectivity index (χ0n) is 10.6. The Morgan fingerprint density at radius 3 is 3.06 bits per heavy atom. The van der Waals surface area contributed by atoms with E-state index in [9.17, 15) is 4.39 Å². The third-order valence-corrected chi connectivity index (χ3v) is 3.59. The summed E-state index contributed by atoms with van der Waals surface area (Å²) in [5, 5.41) is 4.02. The first-order valence-electron chi connectivity index (χ1n) is 6.52. The second kappa shape index (κ2) is 6.50. The first-order valence-corrected chi connectivity index (χ1v) is 6.90. The highest BCUT2D eigenvalue weighted by atomic mass is 35.5. The van der Waals surface area contributed by atoms with Crippen molar-refractivity contribution in [3.63, 3.8) is 0 Å². The van der Waals surface area contributed by atoms with E-state index in [0.29, 0.717) is 5.02 Å². The number of hydrogen-bond acceptors (Lipinski definition) is 2. The number of rotatable bonds is 5. The van der Waals surface area contributed by atoms with E-state index in [1.54, 1.807) is 6.07 Å². The molecule has 1 aromatic carbocycles. The van der Waals surface area contributed by atoms with Crippen molar-refractivity contribution in [1.82, 2.24) is 5.32 Å². The molecule has 0 aliphatic carbocycles. The van der Waals surface area contributed by atoms with Crippen LogP contribution < -0.4 is 5.32 Å². The summed E-state index contributed by atoms with van der Waals surface area (Å²) in [5.74, 6) is -0.254. The summed E-state index contributed by atoms with van der Waals surface area (Å²) in [4.78, 5) is 0. The van der Waals surface area contributed by atoms with E-state index < -0.39 is 0 Å². The lowest BCUT2D eigenvalue weighted by atomic mass is 9.99. The standard InChI is InChI=1S/C14H19ClFNO/c1-2-7-17-14(13-4-3-8-18-13)11-9-10(16)5-6-12(11)15/h5-6,9,13-14,17H,2-4,7-8H2,1H3. The molecule has 0 aromatic heterocycles. The summed E-state index contributed by atoms with van der Waals surface area (Å²) < 4.78 is 19.1. The number of ether oxygens (including phenoxy) is 1. The van der Waals surface area contributed by atoms with Gasteiger partial charge in [-0.3, -0.25) is 0 Å². The highest BCUT2D eigenvalue weighted by molar-refractivity contribution is 6.31. The van der Waals surface area contributed by atoms with Crippen molar-refractivity contribution in [2.75, 3.05) is 13.2 Å². The van der Waals surface area contributed by atoms with Crippen LogP contribution in [0.3, 0.4) is 0 Å². The van der Waals surface area contributed by atoms with Gasteiger partial charge < -0.3 is 10.1 Å². The highest BCUT2D eigenvalue weighted by Gasteiger charge is 2.28. The molecule has 2 atom stereocenters. The van der Waals surface area contributed by atoms with Crippen molar-refractivity contribution in [1.29, 1.82) is 0 Å². The summed E-state index contributed by atoms with van der Waals surface area (Å²) in [6.45, 7) is 3.76. The third kappa shape index (κ3) is 3.22. The van der Waals surface area contributed by atoms with Crippen molar-refractivity contribution >= 4 is 11.6 Å². The maximum Gasteiger partial charge on any atom is 0.123 e. The minimum absolute atomic E-state index is 0.0179. The molecule has 2 unspecified atom stereocenters. The van der Waals surface area contributed by atoms with Gasteiger partial charge in [0.15, 0.2) is 0 Å². The van der Waals surface area contributed by atoms with Crippen molar-refractivity contribution in [3.05, 3.63) is 34.6 Å². The summed E-state index contributed by atoms with van der Waals surface area (Å²) in [6.07, 6.45) is 3.17. The molecule has 1 saturated heterocycles. The molecular weight excluding hydrogens is 253 g/mol. The Balaban J connectivity index is 2.23. The van der Waals surface area contributed by atoms with Crippen LogP contribution in [0.1, 0.15) is 37.8 Å². The largest absolute Gasteiger partial charge is 0.376 e. The lowest BCUT2D eigenvalue weighted by Crippen LogP contribution is -2.32. The average molecular weight is 272 g/mol. The Bertz CT molecular complexity index is 393. The summed E-state index contributed by atoms with van der Waals surface area (Å²) in [5.41, 5.74) is 0.803. The third-order valence-electron chi connectivity index (χ3n) is 3.24. The fourth-order valence-electron chi connectivity index (χ4n) is 2.36. The molecule has 1 aliphatic rings. The molecule has 0 spiro atoms. The molecule has 1 N–H and O–H groups in total. The van der Waals surface area contributed by atoms with Gasteiger partial charge in [-0.25, -0.2) is 4.39 Å². The van der Waals surface area contributed by atoms with Gasteiger partial charge in [-0.05, 0) is 49.6 Å². The van der Waals surface area contributed by atoms with Crippen LogP contribution in [0.25, 0.3) is 0 Å². The summed E-state index contributed by atoms with van der Waals surface area (Å²) in [7, 11) is 0. The fraction of sp³-hybridized carbons (Fsp3) is 0.571. The maximum atomic E-state index is 13.4. The van der Waals surface area contributed by atoms with E-state index in [-0.39, 0.29) is 18.0 Å². The fourth-order valence-corrected chi connectivity index (χ4v) is 2.60. The van der Waals surface area contributed by atoms with E-state index in [2.05, 4.69) is 12.2 Å². The van der Waals surface area contributed by atoms with E-state index in [1.807, 2.05) is 0 Å². The van der Waals surface area contributed by atoms with Crippen LogP contribution in [0.4, 0.5) is 4.39 Å². The second-order valence-electron chi connectivity index (χ2n) is 4.65. The van der Waals surface area contributed by atoms with Gasteiger partial charge in [0, 0.05) is 11.6 Å². The molecule has 1 aromatic rings. The molecule has 18 heavy (non-hydrogen) atoms. The number of nitrogens with one attached hydrogen (secondary N) is 1. The van der Waals surface area contributed by atoms with E-state index in [4.69, 9.17) is 16.3 Å². The van der Waals surface area contributed by atoms with Crippen LogP contribution in [-0.2, 0) is 4.74 Å². The van der Waals surface area contributed by atoms with Gasteiger partial charge in [0.2, 0.25) is 0 Å². The van der Waals surface area contributed by atoms with E-state index >= 15 is 0 Å². The van der Waals surface area contributed by atoms with E-state index in [0.717, 1.165) is 38.0 Å². The normalized spacial score (nSPS) is 21.2. The Hall–Kier alpha value is -0.640. The Morgan fingerprint density at radius 2 is 2.39 bits per heavy atom. The van der Waals surface area contributed by atoms with Crippen LogP contribution in [0.5, 0.6) is 0 Å². The predicted octanol–water partition coefficient (Wildman–Crippen LogP) is 3.70. The molecule has 100 valence electrons. The second-order valence-corrected chi connectivity index (χ2v) is 5.06. The molecule has 0 saturated carbocycles. The highest BCUT2D eigenvalue weighted by Crippen LogP contribution is 2.31. The molecule has 2 rings (SSSR count). The van der Waals surface area contributed by atoms with Crippen LogP contribution in [0.15, 0.2) is 18.2 Å². The van der Waals surface area contributed by atoms with Crippen molar-refractivity contribution < 1.29 is 9.13 Å². The van der Waals surface area contributed by atoms with E-state index in [1.165, 1.54) is 12.1 Å². The van der Waals surface area contributed by atoms with Gasteiger partial charge in [0.05, 0.1) is 12.1 Å². The zero-order chi connectivity index (χ0) is 13.0. The number of benzene rings is 1. The molecule has 0 amide bonds. The molecule has 2 nitrogen and oxygen atoms in total. The van der Waals surface area contributed by atoms with Crippen molar-refractivity contribution in [2.45, 2.75) is 38.3 Å². The molecule has 0 bridgehead atoms. The first-order chi connectivity index (χ1) is 8.72. The number of halogens is 2. The molecule has 4 heteroatoms. The van der Waals surface area contributed by atoms with Gasteiger partial charge in [-0.2, -0.15) is 0 Å². The maximum absolute atomic E-state index is 13.4. The Morgan fingerprint density at radius 1 is 1.56 bits per heavy atom. The Labute approximate surface area is 112 Å². The van der Waals surface area contributed by atoms with Crippen molar-refractivity contribution in [3.8, 4) is 0 Å². The molecule has 1 heterocycles. The van der Waals surface area contributed by atoms with Crippen LogP contribution >= 0.6 is 11.6 Å². The lowest BCUT2D eigenvalue weighted by Gasteiger charge is -2.25. The van der Waals surface area contributed by atoms with Gasteiger partial charge in [-0.15, -0.1) is 0 Å². The average Bonchev–Trinajstić information content (AvgIpc) is 2.88. The molecule has 1 aliphatic heterocycles. The summed E-state index contributed by atoms with van der Waals surface area (Å²) in [6, 6.07) is 4.49. The predicted molar refractivity (Wildman–Crippen MR) is 71.4 cm³/mol. The Kier molecular flexibility index (Phi) is 4.98. The van der Waals surface area contributed by atoms with Gasteiger partial charge >= 0.3 is 0 Å². The number of hydrogen-bond donors (Lipinski definition) is 1. The van der Waals surface area contributed by atoms with Crippen molar-refractivity contribution in [2.24, 2.45) is 0 Å².